The molecule has 0 aromatic heterocycles. The molecule has 0 fully saturated rings. The Hall–Kier alpha value is -11.7. The van der Waals surface area contributed by atoms with Crippen molar-refractivity contribution >= 4 is 124 Å². The lowest BCUT2D eigenvalue weighted by Gasteiger charge is -2.28. The van der Waals surface area contributed by atoms with Gasteiger partial charge >= 0.3 is 0 Å². The van der Waals surface area contributed by atoms with E-state index in [1.165, 1.54) is 151 Å². The highest BCUT2D eigenvalue weighted by molar-refractivity contribution is 5.97. The molecule has 20 amide bonds. The summed E-state index contributed by atoms with van der Waals surface area (Å²) in [6.45, 7) is -9.24. The Labute approximate surface area is 652 Å². The summed E-state index contributed by atoms with van der Waals surface area (Å²) in [5.74, 6) is -13.2. The zero-order chi connectivity index (χ0) is 86.5. The number of nitrogens with two attached hydrogens (primary N) is 1. The predicted octanol–water partition coefficient (Wildman–Crippen LogP) is -9.45. The Balaban J connectivity index is 5.03. The standard InChI is InChI=1S/C67H114N24O21/c1-72(27-47(92)23-21-22-26-70-71-69)49(94)29-74(3)51(96)31-76(5)53(98)33-78(7)55(100)35-80(9)57(102)37-82(11)59(104)39-84(13)61(106)41-86(15)63(108)43-88(17)65(110)45-90(19)67(112)46-91(20)66(111)44-89(18)64(109)42-87(16)62(107)40-85(14)60(105)38-83(12)58(103)36-81(10)56(101)34-79(8)54(99)32-77(6)52(97)30-75(4)50(95)28-73(2)48(93)24-25-68/h21-46,68H2,1-20H3. The number of rotatable bonds is 47. The van der Waals surface area contributed by atoms with Gasteiger partial charge in [-0.05, 0) is 18.4 Å². The van der Waals surface area contributed by atoms with E-state index in [1.807, 2.05) is 0 Å². The number of Topliss-reactive ketones (excluding diaryl/α,β-unsaturated/α-hetero) is 1. The molecule has 0 aliphatic rings. The second kappa shape index (κ2) is 49.5. The van der Waals surface area contributed by atoms with Gasteiger partial charge in [0, 0.05) is 172 Å². The van der Waals surface area contributed by atoms with Gasteiger partial charge in [-0.15, -0.1) is 0 Å². The Morgan fingerprint density at radius 3 is 0.455 bits per heavy atom. The number of unbranched alkanes of at least 4 members (excludes halogenated alkanes) is 1. The van der Waals surface area contributed by atoms with Gasteiger partial charge in [0.2, 0.25) is 118 Å². The minimum atomic E-state index is -0.709. The predicted molar refractivity (Wildman–Crippen MR) is 399 cm³/mol. The zero-order valence-electron chi connectivity index (χ0n) is 68.3. The summed E-state index contributed by atoms with van der Waals surface area (Å²) in [7, 11) is 26.1. The van der Waals surface area contributed by atoms with Crippen LogP contribution in [0.3, 0.4) is 0 Å². The summed E-state index contributed by atoms with van der Waals surface area (Å²) >= 11 is 0. The van der Waals surface area contributed by atoms with Crippen molar-refractivity contribution in [1.29, 1.82) is 0 Å². The topological polar surface area (TPSA) is 498 Å². The van der Waals surface area contributed by atoms with E-state index in [2.05, 4.69) is 10.0 Å². The van der Waals surface area contributed by atoms with E-state index in [1.54, 1.807) is 0 Å². The minimum absolute atomic E-state index is 0.0411. The summed E-state index contributed by atoms with van der Waals surface area (Å²) in [4.78, 5) is 295. The number of carbonyl (C=O) groups excluding carboxylic acids is 21. The first-order valence-corrected chi connectivity index (χ1v) is 34.9. The van der Waals surface area contributed by atoms with Crippen LogP contribution >= 0.6 is 0 Å². The van der Waals surface area contributed by atoms with Gasteiger partial charge < -0.3 is 104 Å². The highest BCUT2D eigenvalue weighted by atomic mass is 16.2. The fourth-order valence-electron chi connectivity index (χ4n) is 9.12. The van der Waals surface area contributed by atoms with Crippen molar-refractivity contribution in [1.82, 2.24) is 98.0 Å². The smallest absolute Gasteiger partial charge is 0.242 e. The Kier molecular flexibility index (Phi) is 44.3. The van der Waals surface area contributed by atoms with Gasteiger partial charge in [-0.1, -0.05) is 5.11 Å². The van der Waals surface area contributed by atoms with Crippen LogP contribution in [0.4, 0.5) is 0 Å². The van der Waals surface area contributed by atoms with Gasteiger partial charge in [-0.25, -0.2) is 0 Å². The molecule has 0 aromatic carbocycles. The van der Waals surface area contributed by atoms with Crippen molar-refractivity contribution in [3.8, 4) is 0 Å². The van der Waals surface area contributed by atoms with Gasteiger partial charge in [-0.2, -0.15) is 0 Å². The Morgan fingerprint density at radius 2 is 0.330 bits per heavy atom. The van der Waals surface area contributed by atoms with E-state index in [4.69, 9.17) is 11.3 Å². The average molecular weight is 1590 g/mol. The first kappa shape index (κ1) is 100. The number of azide groups is 1. The third kappa shape index (κ3) is 37.2. The van der Waals surface area contributed by atoms with Crippen molar-refractivity contribution in [2.24, 2.45) is 10.8 Å². The minimum Gasteiger partial charge on any atom is -0.337 e. The first-order valence-electron chi connectivity index (χ1n) is 34.9. The molecule has 0 unspecified atom stereocenters. The molecule has 628 valence electrons. The van der Waals surface area contributed by atoms with Crippen LogP contribution in [0.25, 0.3) is 10.4 Å². The van der Waals surface area contributed by atoms with Gasteiger partial charge in [0.1, 0.15) is 0 Å². The summed E-state index contributed by atoms with van der Waals surface area (Å²) < 4.78 is 0. The van der Waals surface area contributed by atoms with Crippen LogP contribution in [-0.2, 0) is 101 Å². The maximum Gasteiger partial charge on any atom is 0.242 e. The molecule has 0 rings (SSSR count). The fourth-order valence-corrected chi connectivity index (χ4v) is 9.12. The quantitative estimate of drug-likeness (QED) is 0.0256. The van der Waals surface area contributed by atoms with Gasteiger partial charge in [0.25, 0.3) is 0 Å². The highest BCUT2D eigenvalue weighted by Gasteiger charge is 2.31. The van der Waals surface area contributed by atoms with Gasteiger partial charge in [0.15, 0.2) is 5.78 Å². The average Bonchev–Trinajstić information content (AvgIpc) is 0.851. The van der Waals surface area contributed by atoms with E-state index >= 15 is 0 Å². The van der Waals surface area contributed by atoms with Crippen LogP contribution in [0.15, 0.2) is 5.11 Å². The van der Waals surface area contributed by atoms with E-state index < -0.39 is 223 Å². The lowest BCUT2D eigenvalue weighted by atomic mass is 10.1. The molecule has 0 spiro atoms. The van der Waals surface area contributed by atoms with E-state index in [-0.39, 0.29) is 57.3 Å². The highest BCUT2D eigenvalue weighted by Crippen LogP contribution is 2.07. The third-order valence-electron chi connectivity index (χ3n) is 17.4. The molecular formula is C67H114N24O21. The molecular weight excluding hydrogens is 1480 g/mol. The molecule has 0 heterocycles. The SMILES string of the molecule is CN(CC(=O)CCCCN=[N+]=[N-])C(=O)CN(C)C(=O)CN(C)C(=O)CN(C)C(=O)CN(C)C(=O)CN(C)C(=O)CN(C)C(=O)CN(C)C(=O)CN(C)C(=O)CN(C)C(=O)CN(C)C(=O)CN(C)C(=O)CN(C)C(=O)CN(C)C(=O)CN(C)C(=O)CN(C)C(=O)CN(C)C(=O)CN(C)C(=O)CN(C)C(=O)CN(C)C(=O)CCN. The van der Waals surface area contributed by atoms with Gasteiger partial charge in [0.05, 0.1) is 131 Å². The molecule has 0 aliphatic heterocycles. The summed E-state index contributed by atoms with van der Waals surface area (Å²) in [5.41, 5.74) is 13.7. The molecule has 0 radical (unpaired) electrons. The molecule has 0 aromatic rings. The number of hydrogen-bond donors (Lipinski definition) is 1. The normalized spacial score (nSPS) is 10.4. The van der Waals surface area contributed by atoms with E-state index in [9.17, 15) is 101 Å². The number of hydrogen-bond acceptors (Lipinski definition) is 23. The summed E-state index contributed by atoms with van der Waals surface area (Å²) in [6.07, 6.45) is 1.20. The molecule has 2 N–H and O–H groups in total. The molecule has 112 heavy (non-hydrogen) atoms. The lowest BCUT2D eigenvalue weighted by molar-refractivity contribution is -0.147. The number of nitrogens with zero attached hydrogens (tertiary/aromatic N) is 23. The monoisotopic (exact) mass is 1590 g/mol. The molecule has 45 nitrogen and oxygen atoms in total. The largest absolute Gasteiger partial charge is 0.337 e. The number of ketones is 1. The van der Waals surface area contributed by atoms with Crippen LogP contribution in [0.1, 0.15) is 25.7 Å². The molecule has 0 aliphatic carbocycles. The fraction of sp³-hybridized carbons (Fsp3) is 0.687. The molecule has 0 bridgehead atoms. The van der Waals surface area contributed by atoms with E-state index in [0.717, 1.165) is 88.2 Å². The van der Waals surface area contributed by atoms with Crippen LogP contribution in [0, 0.1) is 0 Å². The van der Waals surface area contributed by atoms with Crippen molar-refractivity contribution in [2.75, 3.05) is 285 Å². The number of carbonyl (C=O) groups is 21. The summed E-state index contributed by atoms with van der Waals surface area (Å²) in [5, 5.41) is 3.40. The molecule has 0 saturated heterocycles. The zero-order valence-corrected chi connectivity index (χ0v) is 68.3. The third-order valence-corrected chi connectivity index (χ3v) is 17.4. The second-order valence-corrected chi connectivity index (χ2v) is 27.5. The Morgan fingerprint density at radius 1 is 0.205 bits per heavy atom. The summed E-state index contributed by atoms with van der Waals surface area (Å²) in [6, 6.07) is 0. The maximum atomic E-state index is 13.2. The number of likely N-dealkylation sites (N-methyl/N-ethyl adjacent to an activating group) is 20. The van der Waals surface area contributed by atoms with Crippen LogP contribution < -0.4 is 5.73 Å². The lowest BCUT2D eigenvalue weighted by Crippen LogP contribution is -2.50. The van der Waals surface area contributed by atoms with Crippen LogP contribution in [-0.4, -0.2) is 507 Å². The maximum absolute atomic E-state index is 13.2. The molecule has 45 heteroatoms. The van der Waals surface area contributed by atoms with Crippen LogP contribution in [0.5, 0.6) is 0 Å². The van der Waals surface area contributed by atoms with Gasteiger partial charge in [-0.3, -0.25) is 101 Å². The number of amides is 20. The van der Waals surface area contributed by atoms with Crippen LogP contribution in [0.2, 0.25) is 0 Å². The van der Waals surface area contributed by atoms with E-state index in [0.29, 0.717) is 12.8 Å². The van der Waals surface area contributed by atoms with Crippen molar-refractivity contribution in [3.63, 3.8) is 0 Å². The molecule has 0 saturated carbocycles. The van der Waals surface area contributed by atoms with Crippen molar-refractivity contribution in [3.05, 3.63) is 10.4 Å². The Bertz CT molecular complexity index is 3480. The molecule has 0 atom stereocenters. The first-order chi connectivity index (χ1) is 51.9. The van der Waals surface area contributed by atoms with Crippen molar-refractivity contribution in [2.45, 2.75) is 25.7 Å². The second-order valence-electron chi connectivity index (χ2n) is 27.5. The van der Waals surface area contributed by atoms with Crippen molar-refractivity contribution < 1.29 is 101 Å².